The summed E-state index contributed by atoms with van der Waals surface area (Å²) in [6.45, 7) is 2.21. The fourth-order valence-corrected chi connectivity index (χ4v) is 2.23. The zero-order chi connectivity index (χ0) is 12.6. The number of hydrogen-bond donors (Lipinski definition) is 1. The Balaban J connectivity index is 2.40. The molecule has 17 heavy (non-hydrogen) atoms. The largest absolute Gasteiger partial charge is 0.506 e. The summed E-state index contributed by atoms with van der Waals surface area (Å²) in [4.78, 5) is 13.3. The highest BCUT2D eigenvalue weighted by molar-refractivity contribution is 6.35. The fourth-order valence-electron chi connectivity index (χ4n) is 1.91. The van der Waals surface area contributed by atoms with Gasteiger partial charge in [-0.25, -0.2) is 0 Å². The summed E-state index contributed by atoms with van der Waals surface area (Å²) < 4.78 is 0. The van der Waals surface area contributed by atoms with Gasteiger partial charge in [0.25, 0.3) is 0 Å². The molecule has 0 aromatic heterocycles. The molecule has 0 radical (unpaired) electrons. The van der Waals surface area contributed by atoms with E-state index in [1.165, 1.54) is 4.90 Å². The zero-order valence-corrected chi connectivity index (χ0v) is 10.2. The first-order valence-corrected chi connectivity index (χ1v) is 5.67. The molecule has 3 nitrogen and oxygen atoms in total. The first-order chi connectivity index (χ1) is 8.04. The predicted molar refractivity (Wildman–Crippen MR) is 67.1 cm³/mol. The average Bonchev–Trinajstić information content (AvgIpc) is 2.68. The molecule has 1 unspecified atom stereocenters. The van der Waals surface area contributed by atoms with Gasteiger partial charge in [0.15, 0.2) is 0 Å². The van der Waals surface area contributed by atoms with Gasteiger partial charge < -0.3 is 10.0 Å². The van der Waals surface area contributed by atoms with Crippen LogP contribution in [0, 0.1) is 25.2 Å². The van der Waals surface area contributed by atoms with E-state index < -0.39 is 0 Å². The summed E-state index contributed by atoms with van der Waals surface area (Å²) in [5, 5.41) is 9.95. The number of carbonyl (C=O) groups excluding carboxylic acids is 1. The van der Waals surface area contributed by atoms with Crippen LogP contribution < -0.4 is 4.90 Å². The number of rotatable bonds is 1. The smallest absolute Gasteiger partial charge is 0.228 e. The molecular formula is C13H12ClNO2. The second kappa shape index (κ2) is 4.31. The van der Waals surface area contributed by atoms with Crippen molar-refractivity contribution in [3.8, 4) is 18.1 Å². The number of anilines is 1. The number of hydrogen-bond acceptors (Lipinski definition) is 2. The van der Waals surface area contributed by atoms with Crippen molar-refractivity contribution < 1.29 is 9.90 Å². The lowest BCUT2D eigenvalue weighted by molar-refractivity contribution is -0.117. The Morgan fingerprint density at radius 1 is 1.59 bits per heavy atom. The minimum Gasteiger partial charge on any atom is -0.506 e. The minimum atomic E-state index is -0.0815. The summed E-state index contributed by atoms with van der Waals surface area (Å²) in [6.07, 6.45) is 5.65. The molecular weight excluding hydrogens is 238 g/mol. The third-order valence-corrected chi connectivity index (χ3v) is 3.32. The van der Waals surface area contributed by atoms with Crippen molar-refractivity contribution in [1.82, 2.24) is 0 Å². The molecule has 4 heteroatoms. The number of halogens is 1. The first-order valence-electron chi connectivity index (χ1n) is 5.29. The Bertz CT molecular complexity index is 519. The Morgan fingerprint density at radius 3 is 2.88 bits per heavy atom. The molecule has 1 aromatic carbocycles. The van der Waals surface area contributed by atoms with Gasteiger partial charge in [-0.3, -0.25) is 4.79 Å². The van der Waals surface area contributed by atoms with E-state index in [1.54, 1.807) is 19.1 Å². The highest BCUT2D eigenvalue weighted by Crippen LogP contribution is 2.38. The van der Waals surface area contributed by atoms with Crippen LogP contribution in [0.1, 0.15) is 12.0 Å². The number of aryl methyl sites for hydroxylation is 1. The summed E-state index contributed by atoms with van der Waals surface area (Å²) >= 11 is 6.04. The molecule has 1 aromatic rings. The van der Waals surface area contributed by atoms with E-state index in [2.05, 4.69) is 5.92 Å². The number of benzene rings is 1. The predicted octanol–water partition coefficient (Wildman–Crippen LogP) is 2.34. The van der Waals surface area contributed by atoms with Gasteiger partial charge in [-0.15, -0.1) is 12.3 Å². The Kier molecular flexibility index (Phi) is 2.99. The first kappa shape index (κ1) is 11.8. The van der Waals surface area contributed by atoms with Gasteiger partial charge in [0, 0.05) is 18.9 Å². The van der Waals surface area contributed by atoms with Gasteiger partial charge in [0.05, 0.1) is 5.69 Å². The molecule has 0 spiro atoms. The number of aromatic hydroxyl groups is 1. The van der Waals surface area contributed by atoms with E-state index in [-0.39, 0.29) is 22.6 Å². The standard InChI is InChI=1S/C13H12ClNO2/c1-3-9-6-11(16)15(7-9)10-5-4-8(2)13(17)12(10)14/h1,4-5,9,17H,6-7H2,2H3. The van der Waals surface area contributed by atoms with Gasteiger partial charge in [-0.05, 0) is 18.6 Å². The highest BCUT2D eigenvalue weighted by atomic mass is 35.5. The van der Waals surface area contributed by atoms with Crippen molar-refractivity contribution in [3.05, 3.63) is 22.7 Å². The lowest BCUT2D eigenvalue weighted by atomic mass is 10.1. The third-order valence-electron chi connectivity index (χ3n) is 2.95. The van der Waals surface area contributed by atoms with Crippen LogP contribution in [0.3, 0.4) is 0 Å². The Morgan fingerprint density at radius 2 is 2.29 bits per heavy atom. The zero-order valence-electron chi connectivity index (χ0n) is 9.40. The molecule has 1 saturated heterocycles. The molecule has 1 fully saturated rings. The molecule has 1 atom stereocenters. The second-order valence-corrected chi connectivity index (χ2v) is 4.51. The average molecular weight is 250 g/mol. The Labute approximate surface area is 105 Å². The normalized spacial score (nSPS) is 19.5. The van der Waals surface area contributed by atoms with E-state index >= 15 is 0 Å². The number of terminal acetylenes is 1. The molecule has 0 saturated carbocycles. The number of phenolic OH excluding ortho intramolecular Hbond substituents is 1. The molecule has 1 aliphatic rings. The van der Waals surface area contributed by atoms with Crippen LogP contribution in [0.15, 0.2) is 12.1 Å². The van der Waals surface area contributed by atoms with E-state index in [4.69, 9.17) is 18.0 Å². The number of nitrogens with zero attached hydrogens (tertiary/aromatic N) is 1. The SMILES string of the molecule is C#CC1CC(=O)N(c2ccc(C)c(O)c2Cl)C1. The Hall–Kier alpha value is -1.66. The molecule has 1 heterocycles. The van der Waals surface area contributed by atoms with Gasteiger partial charge in [-0.2, -0.15) is 0 Å². The molecule has 0 aliphatic carbocycles. The quantitative estimate of drug-likeness (QED) is 0.776. The van der Waals surface area contributed by atoms with Gasteiger partial charge in [0.1, 0.15) is 10.8 Å². The highest BCUT2D eigenvalue weighted by Gasteiger charge is 2.31. The van der Waals surface area contributed by atoms with Crippen molar-refractivity contribution in [2.24, 2.45) is 5.92 Å². The van der Waals surface area contributed by atoms with Crippen LogP contribution in [-0.2, 0) is 4.79 Å². The number of carbonyl (C=O) groups is 1. The molecule has 2 rings (SSSR count). The van der Waals surface area contributed by atoms with E-state index in [0.717, 1.165) is 0 Å². The van der Waals surface area contributed by atoms with Gasteiger partial charge in [0.2, 0.25) is 5.91 Å². The topological polar surface area (TPSA) is 40.5 Å². The van der Waals surface area contributed by atoms with Crippen molar-refractivity contribution >= 4 is 23.2 Å². The molecule has 0 bridgehead atoms. The molecule has 1 aliphatic heterocycles. The molecule has 88 valence electrons. The second-order valence-electron chi connectivity index (χ2n) is 4.14. The summed E-state index contributed by atoms with van der Waals surface area (Å²) in [7, 11) is 0. The maximum Gasteiger partial charge on any atom is 0.228 e. The lowest BCUT2D eigenvalue weighted by Crippen LogP contribution is -2.24. The van der Waals surface area contributed by atoms with E-state index in [9.17, 15) is 9.90 Å². The maximum absolute atomic E-state index is 11.8. The van der Waals surface area contributed by atoms with Crippen LogP contribution in [-0.4, -0.2) is 17.6 Å². The van der Waals surface area contributed by atoms with Crippen molar-refractivity contribution in [1.29, 1.82) is 0 Å². The van der Waals surface area contributed by atoms with E-state index in [0.29, 0.717) is 24.2 Å². The fraction of sp³-hybridized carbons (Fsp3) is 0.308. The molecule has 1 amide bonds. The van der Waals surface area contributed by atoms with Crippen LogP contribution in [0.25, 0.3) is 0 Å². The number of amides is 1. The van der Waals surface area contributed by atoms with Crippen molar-refractivity contribution in [3.63, 3.8) is 0 Å². The minimum absolute atomic E-state index is 0.0149. The van der Waals surface area contributed by atoms with Crippen LogP contribution in [0.5, 0.6) is 5.75 Å². The lowest BCUT2D eigenvalue weighted by Gasteiger charge is -2.18. The van der Waals surface area contributed by atoms with Crippen molar-refractivity contribution in [2.45, 2.75) is 13.3 Å². The summed E-state index contributed by atoms with van der Waals surface area (Å²) in [6, 6.07) is 3.46. The van der Waals surface area contributed by atoms with E-state index in [1.807, 2.05) is 0 Å². The molecule has 1 N–H and O–H groups in total. The van der Waals surface area contributed by atoms with Gasteiger partial charge >= 0.3 is 0 Å². The summed E-state index contributed by atoms with van der Waals surface area (Å²) in [5.74, 6) is 2.45. The van der Waals surface area contributed by atoms with Crippen LogP contribution in [0.2, 0.25) is 5.02 Å². The summed E-state index contributed by atoms with van der Waals surface area (Å²) in [5.41, 5.74) is 1.21. The van der Waals surface area contributed by atoms with Crippen molar-refractivity contribution in [2.75, 3.05) is 11.4 Å². The maximum atomic E-state index is 11.8. The van der Waals surface area contributed by atoms with Crippen LogP contribution >= 0.6 is 11.6 Å². The van der Waals surface area contributed by atoms with Crippen LogP contribution in [0.4, 0.5) is 5.69 Å². The van der Waals surface area contributed by atoms with Gasteiger partial charge in [-0.1, -0.05) is 17.7 Å². The number of phenols is 1. The third kappa shape index (κ3) is 1.96. The monoisotopic (exact) mass is 249 g/mol.